The van der Waals surface area contributed by atoms with Gasteiger partial charge in [0.25, 0.3) is 0 Å². The van der Waals surface area contributed by atoms with Gasteiger partial charge in [0.15, 0.2) is 5.50 Å². The molecule has 0 fully saturated rings. The van der Waals surface area contributed by atoms with Crippen molar-refractivity contribution in [1.82, 2.24) is 0 Å². The van der Waals surface area contributed by atoms with Crippen LogP contribution in [0, 0.1) is 0 Å². The van der Waals surface area contributed by atoms with Gasteiger partial charge in [0.1, 0.15) is 5.70 Å². The van der Waals surface area contributed by atoms with Crippen molar-refractivity contribution < 1.29 is 4.48 Å². The van der Waals surface area contributed by atoms with Crippen LogP contribution in [0.15, 0.2) is 11.1 Å². The molecule has 0 bridgehead atoms. The zero-order valence-electron chi connectivity index (χ0n) is 6.09. The second-order valence-corrected chi connectivity index (χ2v) is 3.82. The maximum Gasteiger partial charge on any atom is 0.196 e. The Bertz CT molecular complexity index is 151. The maximum absolute atomic E-state index is 5.79. The monoisotopic (exact) mass is 145 g/mol. The van der Waals surface area contributed by atoms with Crippen molar-refractivity contribution in [1.29, 1.82) is 0 Å². The topological polar surface area (TPSA) is 26.0 Å². The van der Waals surface area contributed by atoms with Crippen LogP contribution in [-0.2, 0) is 0 Å². The first-order chi connectivity index (χ1) is 4.05. The van der Waals surface area contributed by atoms with Gasteiger partial charge in [-0.25, -0.2) is 0 Å². The van der Waals surface area contributed by atoms with Gasteiger partial charge in [0.2, 0.25) is 0 Å². The second-order valence-electron chi connectivity index (χ2n) is 2.83. The predicted octanol–water partition coefficient (Wildman–Crippen LogP) is 0.913. The highest BCUT2D eigenvalue weighted by atomic mass is 32.2. The standard InChI is InChI=1S/C6H13N2S/c1-5-4-9-6(7)8(5,2)3/h4,6H,7H2,1-3H3/q+1. The Labute approximate surface area is 60.3 Å². The molecule has 0 saturated carbocycles. The fraction of sp³-hybridized carbons (Fsp3) is 0.667. The van der Waals surface area contributed by atoms with Gasteiger partial charge in [-0.1, -0.05) is 0 Å². The summed E-state index contributed by atoms with van der Waals surface area (Å²) in [6, 6.07) is 0. The molecule has 0 aliphatic carbocycles. The normalized spacial score (nSPS) is 32.4. The van der Waals surface area contributed by atoms with Crippen molar-refractivity contribution in [3.63, 3.8) is 0 Å². The molecule has 0 aromatic carbocycles. The van der Waals surface area contributed by atoms with E-state index in [9.17, 15) is 0 Å². The average Bonchev–Trinajstić information content (AvgIpc) is 1.96. The van der Waals surface area contributed by atoms with E-state index in [-0.39, 0.29) is 5.50 Å². The van der Waals surface area contributed by atoms with E-state index < -0.39 is 0 Å². The van der Waals surface area contributed by atoms with Crippen LogP contribution in [0.25, 0.3) is 0 Å². The molecule has 9 heavy (non-hydrogen) atoms. The van der Waals surface area contributed by atoms with E-state index in [1.165, 1.54) is 5.70 Å². The highest BCUT2D eigenvalue weighted by Crippen LogP contribution is 2.31. The Balaban J connectivity index is 2.81. The lowest BCUT2D eigenvalue weighted by molar-refractivity contribution is -0.859. The minimum absolute atomic E-state index is 0.199. The molecule has 0 amide bonds. The largest absolute Gasteiger partial charge is 0.276 e. The number of rotatable bonds is 0. The number of quaternary nitrogens is 1. The predicted molar refractivity (Wildman–Crippen MR) is 41.4 cm³/mol. The smallest absolute Gasteiger partial charge is 0.196 e. The molecule has 2 nitrogen and oxygen atoms in total. The average molecular weight is 145 g/mol. The summed E-state index contributed by atoms with van der Waals surface area (Å²) in [6.45, 7) is 2.11. The van der Waals surface area contributed by atoms with Gasteiger partial charge in [-0.3, -0.25) is 10.2 Å². The summed E-state index contributed by atoms with van der Waals surface area (Å²) >= 11 is 1.70. The van der Waals surface area contributed by atoms with Gasteiger partial charge in [-0.05, 0) is 11.8 Å². The minimum atomic E-state index is 0.199. The molecule has 1 aliphatic rings. The minimum Gasteiger partial charge on any atom is -0.276 e. The Morgan fingerprint density at radius 3 is 2.33 bits per heavy atom. The van der Waals surface area contributed by atoms with Gasteiger partial charge in [-0.15, -0.1) is 0 Å². The van der Waals surface area contributed by atoms with Gasteiger partial charge in [0.05, 0.1) is 14.1 Å². The molecule has 1 heterocycles. The Morgan fingerprint density at radius 2 is 2.22 bits per heavy atom. The van der Waals surface area contributed by atoms with Crippen LogP contribution < -0.4 is 5.73 Å². The molecule has 3 heteroatoms. The van der Waals surface area contributed by atoms with Gasteiger partial charge >= 0.3 is 0 Å². The molecule has 0 aromatic rings. The maximum atomic E-state index is 5.79. The van der Waals surface area contributed by atoms with Crippen molar-refractivity contribution in [2.45, 2.75) is 12.4 Å². The van der Waals surface area contributed by atoms with Crippen molar-refractivity contribution in [2.75, 3.05) is 14.1 Å². The van der Waals surface area contributed by atoms with Crippen LogP contribution in [0.2, 0.25) is 0 Å². The van der Waals surface area contributed by atoms with Crippen LogP contribution in [0.3, 0.4) is 0 Å². The van der Waals surface area contributed by atoms with E-state index >= 15 is 0 Å². The molecule has 1 aliphatic heterocycles. The lowest BCUT2D eigenvalue weighted by Crippen LogP contribution is -2.47. The molecule has 1 unspecified atom stereocenters. The lowest BCUT2D eigenvalue weighted by atomic mass is 10.4. The summed E-state index contributed by atoms with van der Waals surface area (Å²) in [7, 11) is 4.24. The summed E-state index contributed by atoms with van der Waals surface area (Å²) in [5, 5.41) is 2.13. The second kappa shape index (κ2) is 2.01. The Hall–Kier alpha value is 0.01000. The van der Waals surface area contributed by atoms with Gasteiger partial charge in [0, 0.05) is 12.3 Å². The number of hydrogen-bond acceptors (Lipinski definition) is 2. The van der Waals surface area contributed by atoms with Crippen molar-refractivity contribution in [2.24, 2.45) is 5.73 Å². The molecule has 0 spiro atoms. The lowest BCUT2D eigenvalue weighted by Gasteiger charge is -2.28. The summed E-state index contributed by atoms with van der Waals surface area (Å²) in [5.74, 6) is 0. The van der Waals surface area contributed by atoms with Crippen LogP contribution in [0.5, 0.6) is 0 Å². The van der Waals surface area contributed by atoms with Crippen molar-refractivity contribution >= 4 is 11.8 Å². The molecular weight excluding hydrogens is 132 g/mol. The number of allylic oxidation sites excluding steroid dienone is 1. The SMILES string of the molecule is CC1=CSC(N)[N+]1(C)C. The quantitative estimate of drug-likeness (QED) is 0.513. The molecule has 1 atom stereocenters. The van der Waals surface area contributed by atoms with Crippen LogP contribution >= 0.6 is 11.8 Å². The summed E-state index contributed by atoms with van der Waals surface area (Å²) in [4.78, 5) is 0. The van der Waals surface area contributed by atoms with E-state index in [0.717, 1.165) is 4.48 Å². The number of hydrogen-bond donors (Lipinski definition) is 1. The molecule has 0 saturated heterocycles. The van der Waals surface area contributed by atoms with Gasteiger partial charge < -0.3 is 0 Å². The summed E-state index contributed by atoms with van der Waals surface area (Å²) in [6.07, 6.45) is 0. The number of thioether (sulfide) groups is 1. The zero-order chi connectivity index (χ0) is 7.07. The number of nitrogens with zero attached hydrogens (tertiary/aromatic N) is 1. The van der Waals surface area contributed by atoms with Crippen LogP contribution in [-0.4, -0.2) is 24.1 Å². The molecule has 1 rings (SSSR count). The fourth-order valence-corrected chi connectivity index (χ4v) is 1.74. The third kappa shape index (κ3) is 1.000. The molecule has 52 valence electrons. The van der Waals surface area contributed by atoms with Crippen LogP contribution in [0.4, 0.5) is 0 Å². The number of nitrogens with two attached hydrogens (primary N) is 1. The summed E-state index contributed by atoms with van der Waals surface area (Å²) in [5.41, 5.74) is 7.33. The Kier molecular flexibility index (Phi) is 1.59. The highest BCUT2D eigenvalue weighted by molar-refractivity contribution is 8.02. The Morgan fingerprint density at radius 1 is 1.67 bits per heavy atom. The molecule has 0 radical (unpaired) electrons. The van der Waals surface area contributed by atoms with E-state index in [1.54, 1.807) is 11.8 Å². The van der Waals surface area contributed by atoms with E-state index in [4.69, 9.17) is 5.73 Å². The van der Waals surface area contributed by atoms with Gasteiger partial charge in [-0.2, -0.15) is 0 Å². The molecular formula is C6H13N2S+. The first-order valence-corrected chi connectivity index (χ1v) is 3.91. The first-order valence-electron chi connectivity index (χ1n) is 2.97. The first kappa shape index (κ1) is 7.12. The molecule has 2 N–H and O–H groups in total. The van der Waals surface area contributed by atoms with E-state index in [0.29, 0.717) is 0 Å². The third-order valence-corrected chi connectivity index (χ3v) is 3.21. The van der Waals surface area contributed by atoms with E-state index in [2.05, 4.69) is 26.4 Å². The van der Waals surface area contributed by atoms with Crippen LogP contribution in [0.1, 0.15) is 6.92 Å². The van der Waals surface area contributed by atoms with Crippen molar-refractivity contribution in [3.8, 4) is 0 Å². The highest BCUT2D eigenvalue weighted by Gasteiger charge is 2.32. The summed E-state index contributed by atoms with van der Waals surface area (Å²) < 4.78 is 0.824. The van der Waals surface area contributed by atoms with E-state index in [1.807, 2.05) is 0 Å². The van der Waals surface area contributed by atoms with Crippen molar-refractivity contribution in [3.05, 3.63) is 11.1 Å². The zero-order valence-corrected chi connectivity index (χ0v) is 6.90. The fourth-order valence-electron chi connectivity index (χ4n) is 0.657. The molecule has 0 aromatic heterocycles. The third-order valence-electron chi connectivity index (χ3n) is 1.92.